The minimum atomic E-state index is 0.214. The van der Waals surface area contributed by atoms with Crippen LogP contribution in [0.25, 0.3) is 0 Å². The summed E-state index contributed by atoms with van der Waals surface area (Å²) < 4.78 is 0. The molecule has 1 aromatic rings. The molecule has 0 atom stereocenters. The number of carbonyl (C=O) groups excluding carboxylic acids is 1. The van der Waals surface area contributed by atoms with Crippen LogP contribution < -0.4 is 10.6 Å². The SMILES string of the molecule is CC(C)(C)c1ccc(CCCCC(=O)NC2CCNCC2)cc1. The van der Waals surface area contributed by atoms with Crippen LogP contribution in [0.3, 0.4) is 0 Å². The van der Waals surface area contributed by atoms with Gasteiger partial charge in [-0.15, -0.1) is 0 Å². The number of benzene rings is 1. The molecule has 0 spiro atoms. The predicted molar refractivity (Wildman–Crippen MR) is 96.7 cm³/mol. The van der Waals surface area contributed by atoms with Crippen molar-refractivity contribution < 1.29 is 4.79 Å². The minimum absolute atomic E-state index is 0.214. The number of hydrogen-bond acceptors (Lipinski definition) is 2. The standard InChI is InChI=1S/C20H32N2O/c1-20(2,3)17-10-8-16(9-11-17)6-4-5-7-19(23)22-18-12-14-21-15-13-18/h8-11,18,21H,4-7,12-15H2,1-3H3,(H,22,23). The number of rotatable bonds is 6. The van der Waals surface area contributed by atoms with Gasteiger partial charge in [0, 0.05) is 12.5 Å². The molecule has 1 aliphatic heterocycles. The molecule has 3 nitrogen and oxygen atoms in total. The van der Waals surface area contributed by atoms with Gasteiger partial charge in [0.05, 0.1) is 0 Å². The molecule has 0 aliphatic carbocycles. The van der Waals surface area contributed by atoms with E-state index in [2.05, 4.69) is 55.7 Å². The smallest absolute Gasteiger partial charge is 0.220 e. The quantitative estimate of drug-likeness (QED) is 0.788. The van der Waals surface area contributed by atoms with E-state index < -0.39 is 0 Å². The maximum absolute atomic E-state index is 11.9. The predicted octanol–water partition coefficient (Wildman–Crippen LogP) is 3.57. The summed E-state index contributed by atoms with van der Waals surface area (Å²) in [6.07, 6.45) is 5.89. The molecule has 1 saturated heterocycles. The van der Waals surface area contributed by atoms with Crippen LogP contribution in [0.2, 0.25) is 0 Å². The molecule has 3 heteroatoms. The number of amides is 1. The summed E-state index contributed by atoms with van der Waals surface area (Å²) in [7, 11) is 0. The van der Waals surface area contributed by atoms with E-state index in [-0.39, 0.29) is 11.3 Å². The number of carbonyl (C=O) groups is 1. The molecule has 1 heterocycles. The second kappa shape index (κ2) is 8.49. The second-order valence-electron chi connectivity index (χ2n) is 7.75. The lowest BCUT2D eigenvalue weighted by atomic mass is 9.86. The van der Waals surface area contributed by atoms with Gasteiger partial charge in [0.25, 0.3) is 0 Å². The number of hydrogen-bond donors (Lipinski definition) is 2. The number of aryl methyl sites for hydroxylation is 1. The Kier molecular flexibility index (Phi) is 6.64. The number of nitrogens with one attached hydrogen (secondary N) is 2. The molecule has 1 amide bonds. The highest BCUT2D eigenvalue weighted by Crippen LogP contribution is 2.22. The largest absolute Gasteiger partial charge is 0.353 e. The van der Waals surface area contributed by atoms with E-state index in [4.69, 9.17) is 0 Å². The van der Waals surface area contributed by atoms with Gasteiger partial charge < -0.3 is 10.6 Å². The zero-order chi connectivity index (χ0) is 16.7. The molecule has 0 aromatic heterocycles. The average Bonchev–Trinajstić information content (AvgIpc) is 2.52. The van der Waals surface area contributed by atoms with Crippen LogP contribution in [0.15, 0.2) is 24.3 Å². The Balaban J connectivity index is 1.64. The van der Waals surface area contributed by atoms with E-state index in [1.807, 2.05) is 0 Å². The molecule has 23 heavy (non-hydrogen) atoms. The van der Waals surface area contributed by atoms with Crippen LogP contribution in [0, 0.1) is 0 Å². The lowest BCUT2D eigenvalue weighted by Crippen LogP contribution is -2.42. The fourth-order valence-corrected chi connectivity index (χ4v) is 3.05. The first-order chi connectivity index (χ1) is 10.9. The summed E-state index contributed by atoms with van der Waals surface area (Å²) in [6, 6.07) is 9.32. The van der Waals surface area contributed by atoms with E-state index in [1.54, 1.807) is 0 Å². The summed E-state index contributed by atoms with van der Waals surface area (Å²) in [5.74, 6) is 0.222. The van der Waals surface area contributed by atoms with E-state index in [0.29, 0.717) is 12.5 Å². The lowest BCUT2D eigenvalue weighted by molar-refractivity contribution is -0.122. The van der Waals surface area contributed by atoms with Crippen molar-refractivity contribution in [2.24, 2.45) is 0 Å². The van der Waals surface area contributed by atoms with E-state index in [1.165, 1.54) is 11.1 Å². The normalized spacial score (nSPS) is 16.3. The van der Waals surface area contributed by atoms with Gasteiger partial charge in [-0.25, -0.2) is 0 Å². The van der Waals surface area contributed by atoms with Gasteiger partial charge >= 0.3 is 0 Å². The fraction of sp³-hybridized carbons (Fsp3) is 0.650. The number of unbranched alkanes of at least 4 members (excludes halogenated alkanes) is 1. The molecular formula is C20H32N2O. The van der Waals surface area contributed by atoms with Gasteiger partial charge in [0.2, 0.25) is 5.91 Å². The Morgan fingerprint density at radius 1 is 1.13 bits per heavy atom. The van der Waals surface area contributed by atoms with Gasteiger partial charge in [-0.2, -0.15) is 0 Å². The summed E-state index contributed by atoms with van der Waals surface area (Å²) in [4.78, 5) is 11.9. The third-order valence-electron chi connectivity index (χ3n) is 4.64. The summed E-state index contributed by atoms with van der Waals surface area (Å²) in [5, 5.41) is 6.48. The van der Waals surface area contributed by atoms with Crippen molar-refractivity contribution in [1.29, 1.82) is 0 Å². The van der Waals surface area contributed by atoms with Crippen molar-refractivity contribution in [2.45, 2.75) is 70.8 Å². The Bertz CT molecular complexity index is 481. The fourth-order valence-electron chi connectivity index (χ4n) is 3.05. The van der Waals surface area contributed by atoms with Crippen molar-refractivity contribution in [3.63, 3.8) is 0 Å². The molecule has 1 fully saturated rings. The Morgan fingerprint density at radius 2 is 1.78 bits per heavy atom. The van der Waals surface area contributed by atoms with Crippen molar-refractivity contribution >= 4 is 5.91 Å². The van der Waals surface area contributed by atoms with E-state index in [0.717, 1.165) is 45.2 Å². The highest BCUT2D eigenvalue weighted by Gasteiger charge is 2.15. The molecule has 1 aromatic carbocycles. The first-order valence-electron chi connectivity index (χ1n) is 9.04. The lowest BCUT2D eigenvalue weighted by Gasteiger charge is -2.23. The van der Waals surface area contributed by atoms with E-state index >= 15 is 0 Å². The van der Waals surface area contributed by atoms with Gasteiger partial charge in [-0.05, 0) is 61.7 Å². The second-order valence-corrected chi connectivity index (χ2v) is 7.75. The first kappa shape index (κ1) is 18.0. The van der Waals surface area contributed by atoms with Crippen molar-refractivity contribution in [1.82, 2.24) is 10.6 Å². The van der Waals surface area contributed by atoms with Gasteiger partial charge in [-0.1, -0.05) is 45.0 Å². The Labute approximate surface area is 141 Å². The van der Waals surface area contributed by atoms with Gasteiger partial charge in [0.15, 0.2) is 0 Å². The van der Waals surface area contributed by atoms with Gasteiger partial charge in [0.1, 0.15) is 0 Å². The van der Waals surface area contributed by atoms with Crippen LogP contribution in [-0.2, 0) is 16.6 Å². The molecule has 2 rings (SSSR count). The van der Waals surface area contributed by atoms with Crippen molar-refractivity contribution in [3.8, 4) is 0 Å². The molecular weight excluding hydrogens is 284 g/mol. The minimum Gasteiger partial charge on any atom is -0.353 e. The zero-order valence-electron chi connectivity index (χ0n) is 15.0. The molecule has 0 unspecified atom stereocenters. The van der Waals surface area contributed by atoms with Crippen LogP contribution in [0.5, 0.6) is 0 Å². The Morgan fingerprint density at radius 3 is 2.39 bits per heavy atom. The summed E-state index contributed by atoms with van der Waals surface area (Å²) in [5.41, 5.74) is 2.96. The van der Waals surface area contributed by atoms with Crippen LogP contribution in [-0.4, -0.2) is 25.0 Å². The average molecular weight is 316 g/mol. The maximum Gasteiger partial charge on any atom is 0.220 e. The highest BCUT2D eigenvalue weighted by molar-refractivity contribution is 5.76. The van der Waals surface area contributed by atoms with Crippen molar-refractivity contribution in [2.75, 3.05) is 13.1 Å². The molecule has 0 radical (unpaired) electrons. The first-order valence-corrected chi connectivity index (χ1v) is 9.04. The summed E-state index contributed by atoms with van der Waals surface area (Å²) in [6.45, 7) is 8.76. The monoisotopic (exact) mass is 316 g/mol. The molecule has 128 valence electrons. The van der Waals surface area contributed by atoms with Crippen LogP contribution in [0.4, 0.5) is 0 Å². The Hall–Kier alpha value is -1.35. The molecule has 0 saturated carbocycles. The van der Waals surface area contributed by atoms with Gasteiger partial charge in [-0.3, -0.25) is 4.79 Å². The molecule has 2 N–H and O–H groups in total. The molecule has 0 bridgehead atoms. The van der Waals surface area contributed by atoms with E-state index in [9.17, 15) is 4.79 Å². The zero-order valence-corrected chi connectivity index (χ0v) is 15.0. The van der Waals surface area contributed by atoms with Crippen LogP contribution in [0.1, 0.15) is 64.0 Å². The van der Waals surface area contributed by atoms with Crippen molar-refractivity contribution in [3.05, 3.63) is 35.4 Å². The third kappa shape index (κ3) is 6.34. The highest BCUT2D eigenvalue weighted by atomic mass is 16.1. The topological polar surface area (TPSA) is 41.1 Å². The summed E-state index contributed by atoms with van der Waals surface area (Å²) >= 11 is 0. The number of piperidine rings is 1. The molecule has 1 aliphatic rings. The third-order valence-corrected chi connectivity index (χ3v) is 4.64. The maximum atomic E-state index is 11.9. The van der Waals surface area contributed by atoms with Crippen LogP contribution >= 0.6 is 0 Å².